The van der Waals surface area contributed by atoms with Crippen LogP contribution in [0.4, 0.5) is 5.95 Å². The lowest BCUT2D eigenvalue weighted by molar-refractivity contribution is -0.131. The first-order valence-electron chi connectivity index (χ1n) is 8.96. The van der Waals surface area contributed by atoms with Gasteiger partial charge in [-0.3, -0.25) is 9.69 Å². The Balaban J connectivity index is 1.46. The predicted octanol–water partition coefficient (Wildman–Crippen LogP) is 1.37. The average molecular weight is 358 g/mol. The van der Waals surface area contributed by atoms with Crippen LogP contribution in [0.25, 0.3) is 0 Å². The topological polar surface area (TPSA) is 78.6 Å². The second-order valence-corrected chi connectivity index (χ2v) is 6.94. The molecule has 2 aromatic heterocycles. The van der Waals surface area contributed by atoms with Crippen molar-refractivity contribution in [2.75, 3.05) is 44.7 Å². The molecular formula is C18H26N6O2. The molecule has 3 heterocycles. The van der Waals surface area contributed by atoms with Gasteiger partial charge >= 0.3 is 0 Å². The van der Waals surface area contributed by atoms with Crippen LogP contribution in [0, 0.1) is 0 Å². The number of carbonyl (C=O) groups excluding carboxylic acids is 1. The molecule has 1 aliphatic rings. The van der Waals surface area contributed by atoms with Gasteiger partial charge in [0.05, 0.1) is 13.1 Å². The van der Waals surface area contributed by atoms with E-state index in [-0.39, 0.29) is 5.91 Å². The Kier molecular flexibility index (Phi) is 5.82. The number of carbonyl (C=O) groups is 1. The summed E-state index contributed by atoms with van der Waals surface area (Å²) >= 11 is 0. The molecule has 26 heavy (non-hydrogen) atoms. The van der Waals surface area contributed by atoms with E-state index in [2.05, 4.69) is 38.8 Å². The molecule has 0 aromatic carbocycles. The second-order valence-electron chi connectivity index (χ2n) is 6.94. The van der Waals surface area contributed by atoms with Crippen LogP contribution in [0.3, 0.4) is 0 Å². The van der Waals surface area contributed by atoms with Crippen molar-refractivity contribution in [2.45, 2.75) is 26.3 Å². The molecule has 0 aliphatic carbocycles. The smallest absolute Gasteiger partial charge is 0.236 e. The van der Waals surface area contributed by atoms with Crippen LogP contribution >= 0.6 is 0 Å². The molecule has 0 saturated carbocycles. The minimum atomic E-state index is 0.0866. The molecule has 0 bridgehead atoms. The minimum absolute atomic E-state index is 0.0866. The highest BCUT2D eigenvalue weighted by Gasteiger charge is 2.22. The van der Waals surface area contributed by atoms with E-state index in [1.54, 1.807) is 24.3 Å². The van der Waals surface area contributed by atoms with Crippen LogP contribution in [0.2, 0.25) is 0 Å². The quantitative estimate of drug-likeness (QED) is 0.771. The lowest BCUT2D eigenvalue weighted by atomic mass is 10.1. The Morgan fingerprint density at radius 1 is 1.23 bits per heavy atom. The summed E-state index contributed by atoms with van der Waals surface area (Å²) in [4.78, 5) is 27.1. The normalized spacial score (nSPS) is 15.5. The largest absolute Gasteiger partial charge is 0.361 e. The zero-order chi connectivity index (χ0) is 18.5. The second kappa shape index (κ2) is 8.27. The molecule has 0 N–H and O–H groups in total. The highest BCUT2D eigenvalue weighted by atomic mass is 16.5. The van der Waals surface area contributed by atoms with Gasteiger partial charge in [-0.1, -0.05) is 19.0 Å². The fourth-order valence-electron chi connectivity index (χ4n) is 2.88. The number of amides is 1. The van der Waals surface area contributed by atoms with Crippen molar-refractivity contribution in [1.82, 2.24) is 24.9 Å². The Hall–Kier alpha value is -2.48. The fourth-order valence-corrected chi connectivity index (χ4v) is 2.88. The zero-order valence-corrected chi connectivity index (χ0v) is 15.6. The number of aromatic nitrogens is 3. The number of nitrogens with zero attached hydrogens (tertiary/aromatic N) is 6. The van der Waals surface area contributed by atoms with Crippen molar-refractivity contribution in [3.05, 3.63) is 36.0 Å². The number of likely N-dealkylation sites (N-methyl/N-ethyl adjacent to an activating group) is 1. The summed E-state index contributed by atoms with van der Waals surface area (Å²) in [5.41, 5.74) is 0.788. The summed E-state index contributed by atoms with van der Waals surface area (Å²) < 4.78 is 5.29. The van der Waals surface area contributed by atoms with E-state index >= 15 is 0 Å². The third-order valence-corrected chi connectivity index (χ3v) is 4.54. The molecule has 1 saturated heterocycles. The van der Waals surface area contributed by atoms with Crippen LogP contribution in [0.1, 0.15) is 31.2 Å². The van der Waals surface area contributed by atoms with Gasteiger partial charge in [-0.15, -0.1) is 0 Å². The first-order chi connectivity index (χ1) is 12.5. The molecule has 1 fully saturated rings. The number of piperazine rings is 1. The predicted molar refractivity (Wildman–Crippen MR) is 97.8 cm³/mol. The maximum Gasteiger partial charge on any atom is 0.236 e. The SMILES string of the molecule is CC(C)c1cc(CN(C)C(=O)CN2CCN(c3ncccn3)CC2)no1. The van der Waals surface area contributed by atoms with Crippen LogP contribution in [0.5, 0.6) is 0 Å². The highest BCUT2D eigenvalue weighted by molar-refractivity contribution is 5.78. The van der Waals surface area contributed by atoms with Crippen molar-refractivity contribution in [2.24, 2.45) is 0 Å². The van der Waals surface area contributed by atoms with Gasteiger partial charge in [0.1, 0.15) is 11.5 Å². The average Bonchev–Trinajstić information content (AvgIpc) is 3.12. The van der Waals surface area contributed by atoms with E-state index in [1.807, 2.05) is 12.1 Å². The fraction of sp³-hybridized carbons (Fsp3) is 0.556. The van der Waals surface area contributed by atoms with Crippen molar-refractivity contribution >= 4 is 11.9 Å². The number of rotatable bonds is 6. The molecule has 0 radical (unpaired) electrons. The molecule has 1 aliphatic heterocycles. The summed E-state index contributed by atoms with van der Waals surface area (Å²) in [6.07, 6.45) is 3.50. The van der Waals surface area contributed by atoms with Crippen LogP contribution in [0.15, 0.2) is 29.0 Å². The van der Waals surface area contributed by atoms with Crippen molar-refractivity contribution < 1.29 is 9.32 Å². The van der Waals surface area contributed by atoms with Crippen LogP contribution < -0.4 is 4.90 Å². The summed E-state index contributed by atoms with van der Waals surface area (Å²) in [5.74, 6) is 1.98. The lowest BCUT2D eigenvalue weighted by Crippen LogP contribution is -2.50. The molecule has 0 spiro atoms. The van der Waals surface area contributed by atoms with Crippen molar-refractivity contribution in [3.8, 4) is 0 Å². The third-order valence-electron chi connectivity index (χ3n) is 4.54. The third kappa shape index (κ3) is 4.57. The summed E-state index contributed by atoms with van der Waals surface area (Å²) in [5, 5.41) is 4.05. The van der Waals surface area contributed by atoms with E-state index in [0.717, 1.165) is 43.6 Å². The summed E-state index contributed by atoms with van der Waals surface area (Å²) in [6.45, 7) is 8.27. The van der Waals surface area contributed by atoms with E-state index < -0.39 is 0 Å². The number of hydrogen-bond donors (Lipinski definition) is 0. The van der Waals surface area contributed by atoms with Gasteiger partial charge in [-0.05, 0) is 6.07 Å². The monoisotopic (exact) mass is 358 g/mol. The molecule has 3 rings (SSSR count). The highest BCUT2D eigenvalue weighted by Crippen LogP contribution is 2.16. The Morgan fingerprint density at radius 2 is 1.92 bits per heavy atom. The van der Waals surface area contributed by atoms with Crippen LogP contribution in [-0.2, 0) is 11.3 Å². The van der Waals surface area contributed by atoms with Gasteiger partial charge in [-0.25, -0.2) is 9.97 Å². The molecule has 1 amide bonds. The molecule has 8 heteroatoms. The summed E-state index contributed by atoms with van der Waals surface area (Å²) in [7, 11) is 1.81. The molecular weight excluding hydrogens is 332 g/mol. The zero-order valence-electron chi connectivity index (χ0n) is 15.6. The lowest BCUT2D eigenvalue weighted by Gasteiger charge is -2.34. The molecule has 0 atom stereocenters. The maximum absolute atomic E-state index is 12.5. The van der Waals surface area contributed by atoms with Gasteiger partial charge in [0.15, 0.2) is 0 Å². The van der Waals surface area contributed by atoms with E-state index in [1.165, 1.54) is 0 Å². The van der Waals surface area contributed by atoms with Gasteiger partial charge in [-0.2, -0.15) is 0 Å². The first kappa shape index (κ1) is 18.3. The molecule has 2 aromatic rings. The maximum atomic E-state index is 12.5. The Bertz CT molecular complexity index is 709. The Labute approximate surface area is 153 Å². The minimum Gasteiger partial charge on any atom is -0.361 e. The van der Waals surface area contributed by atoms with Crippen molar-refractivity contribution in [3.63, 3.8) is 0 Å². The standard InChI is InChI=1S/C18H26N6O2/c1-14(2)16-11-15(21-26-16)12-22(3)17(25)13-23-7-9-24(10-8-23)18-19-5-4-6-20-18/h4-6,11,14H,7-10,12-13H2,1-3H3. The van der Waals surface area contributed by atoms with Gasteiger partial charge in [0.2, 0.25) is 11.9 Å². The molecule has 0 unspecified atom stereocenters. The van der Waals surface area contributed by atoms with E-state index in [0.29, 0.717) is 19.0 Å². The van der Waals surface area contributed by atoms with E-state index in [9.17, 15) is 4.79 Å². The molecule has 140 valence electrons. The van der Waals surface area contributed by atoms with Gasteiger partial charge in [0, 0.05) is 57.6 Å². The van der Waals surface area contributed by atoms with Gasteiger partial charge in [0.25, 0.3) is 0 Å². The number of hydrogen-bond acceptors (Lipinski definition) is 7. The number of anilines is 1. The summed E-state index contributed by atoms with van der Waals surface area (Å²) in [6, 6.07) is 3.74. The van der Waals surface area contributed by atoms with Crippen LogP contribution in [-0.4, -0.2) is 70.6 Å². The molecule has 8 nitrogen and oxygen atoms in total. The van der Waals surface area contributed by atoms with E-state index in [4.69, 9.17) is 4.52 Å². The van der Waals surface area contributed by atoms with Crippen molar-refractivity contribution in [1.29, 1.82) is 0 Å². The van der Waals surface area contributed by atoms with Gasteiger partial charge < -0.3 is 14.3 Å². The first-order valence-corrected chi connectivity index (χ1v) is 8.96. The Morgan fingerprint density at radius 3 is 2.54 bits per heavy atom.